The van der Waals surface area contributed by atoms with Crippen LogP contribution < -0.4 is 10.1 Å². The minimum atomic E-state index is 0.392. The first-order valence-electron chi connectivity index (χ1n) is 5.70. The standard InChI is InChI=1S/C12H18N2O2/c1-15-12-7-10(4-5-14-12)8-13-9-11-3-2-6-16-11/h4-5,7,11,13H,2-3,6,8-9H2,1H3. The third-order valence-corrected chi connectivity index (χ3v) is 2.73. The zero-order valence-electron chi connectivity index (χ0n) is 9.61. The van der Waals surface area contributed by atoms with Crippen molar-refractivity contribution in [1.82, 2.24) is 10.3 Å². The third-order valence-electron chi connectivity index (χ3n) is 2.73. The summed E-state index contributed by atoms with van der Waals surface area (Å²) in [7, 11) is 1.63. The Kier molecular flexibility index (Phi) is 4.13. The van der Waals surface area contributed by atoms with E-state index in [1.807, 2.05) is 12.1 Å². The summed E-state index contributed by atoms with van der Waals surface area (Å²) in [4.78, 5) is 4.07. The molecule has 0 aromatic carbocycles. The summed E-state index contributed by atoms with van der Waals surface area (Å²) in [6.45, 7) is 2.67. The van der Waals surface area contributed by atoms with Crippen LogP contribution in [0.2, 0.25) is 0 Å². The van der Waals surface area contributed by atoms with Gasteiger partial charge in [-0.15, -0.1) is 0 Å². The second-order valence-corrected chi connectivity index (χ2v) is 3.97. The second-order valence-electron chi connectivity index (χ2n) is 3.97. The van der Waals surface area contributed by atoms with Crippen LogP contribution in [-0.4, -0.2) is 31.3 Å². The minimum Gasteiger partial charge on any atom is -0.481 e. The van der Waals surface area contributed by atoms with Crippen LogP contribution in [0.1, 0.15) is 18.4 Å². The molecular formula is C12H18N2O2. The molecule has 1 aliphatic rings. The maximum Gasteiger partial charge on any atom is 0.213 e. The van der Waals surface area contributed by atoms with Gasteiger partial charge in [-0.25, -0.2) is 4.98 Å². The highest BCUT2D eigenvalue weighted by Gasteiger charge is 2.14. The fraction of sp³-hybridized carbons (Fsp3) is 0.583. The van der Waals surface area contributed by atoms with Gasteiger partial charge in [-0.3, -0.25) is 0 Å². The van der Waals surface area contributed by atoms with Crippen molar-refractivity contribution >= 4 is 0 Å². The van der Waals surface area contributed by atoms with Gasteiger partial charge in [0.2, 0.25) is 5.88 Å². The first kappa shape index (κ1) is 11.4. The second kappa shape index (κ2) is 5.82. The lowest BCUT2D eigenvalue weighted by atomic mass is 10.2. The molecule has 1 saturated heterocycles. The summed E-state index contributed by atoms with van der Waals surface area (Å²) in [6.07, 6.45) is 4.52. The van der Waals surface area contributed by atoms with Crippen molar-refractivity contribution < 1.29 is 9.47 Å². The molecule has 1 fully saturated rings. The lowest BCUT2D eigenvalue weighted by molar-refractivity contribution is 0.110. The molecule has 4 heteroatoms. The Morgan fingerprint density at radius 2 is 2.56 bits per heavy atom. The molecule has 1 aromatic rings. The van der Waals surface area contributed by atoms with Crippen LogP contribution in [0.3, 0.4) is 0 Å². The van der Waals surface area contributed by atoms with Crippen LogP contribution in [0, 0.1) is 0 Å². The van der Waals surface area contributed by atoms with E-state index in [-0.39, 0.29) is 0 Å². The Bertz CT molecular complexity index is 325. The number of rotatable bonds is 5. The normalized spacial score (nSPS) is 19.9. The Morgan fingerprint density at radius 3 is 3.31 bits per heavy atom. The molecule has 1 aromatic heterocycles. The van der Waals surface area contributed by atoms with E-state index in [0.717, 1.165) is 19.7 Å². The van der Waals surface area contributed by atoms with Crippen LogP contribution in [-0.2, 0) is 11.3 Å². The molecular weight excluding hydrogens is 204 g/mol. The van der Waals surface area contributed by atoms with E-state index in [0.29, 0.717) is 12.0 Å². The highest BCUT2D eigenvalue weighted by atomic mass is 16.5. The number of hydrogen-bond donors (Lipinski definition) is 1. The monoisotopic (exact) mass is 222 g/mol. The Morgan fingerprint density at radius 1 is 1.62 bits per heavy atom. The van der Waals surface area contributed by atoms with Gasteiger partial charge in [0.25, 0.3) is 0 Å². The van der Waals surface area contributed by atoms with Gasteiger partial charge in [0.15, 0.2) is 0 Å². The molecule has 0 aliphatic carbocycles. The Hall–Kier alpha value is -1.13. The lowest BCUT2D eigenvalue weighted by Crippen LogP contribution is -2.25. The summed E-state index contributed by atoms with van der Waals surface area (Å²) < 4.78 is 10.6. The minimum absolute atomic E-state index is 0.392. The van der Waals surface area contributed by atoms with Gasteiger partial charge in [0.05, 0.1) is 13.2 Å². The van der Waals surface area contributed by atoms with Gasteiger partial charge < -0.3 is 14.8 Å². The van der Waals surface area contributed by atoms with Crippen LogP contribution in [0.25, 0.3) is 0 Å². The van der Waals surface area contributed by atoms with Gasteiger partial charge in [-0.2, -0.15) is 0 Å². The third kappa shape index (κ3) is 3.18. The summed E-state index contributed by atoms with van der Waals surface area (Å²) in [5, 5.41) is 3.39. The van der Waals surface area contributed by atoms with Gasteiger partial charge >= 0.3 is 0 Å². The van der Waals surface area contributed by atoms with Gasteiger partial charge in [-0.05, 0) is 24.5 Å². The first-order valence-corrected chi connectivity index (χ1v) is 5.70. The van der Waals surface area contributed by atoms with E-state index < -0.39 is 0 Å². The Labute approximate surface area is 96.0 Å². The quantitative estimate of drug-likeness (QED) is 0.817. The van der Waals surface area contributed by atoms with Crippen LogP contribution in [0.15, 0.2) is 18.3 Å². The maximum atomic E-state index is 5.54. The summed E-state index contributed by atoms with van der Waals surface area (Å²) >= 11 is 0. The zero-order valence-corrected chi connectivity index (χ0v) is 9.61. The predicted molar refractivity (Wildman–Crippen MR) is 61.5 cm³/mol. The number of hydrogen-bond acceptors (Lipinski definition) is 4. The van der Waals surface area contributed by atoms with Crippen molar-refractivity contribution in [2.45, 2.75) is 25.5 Å². The topological polar surface area (TPSA) is 43.4 Å². The fourth-order valence-electron chi connectivity index (χ4n) is 1.85. The molecule has 1 aliphatic heterocycles. The molecule has 4 nitrogen and oxygen atoms in total. The number of nitrogens with one attached hydrogen (secondary N) is 1. The molecule has 2 rings (SSSR count). The van der Waals surface area contributed by atoms with E-state index in [1.54, 1.807) is 13.3 Å². The molecule has 0 amide bonds. The van der Waals surface area contributed by atoms with E-state index in [1.165, 1.54) is 18.4 Å². The summed E-state index contributed by atoms with van der Waals surface area (Å²) in [6, 6.07) is 3.94. The van der Waals surface area contributed by atoms with Crippen molar-refractivity contribution in [2.24, 2.45) is 0 Å². The van der Waals surface area contributed by atoms with Gasteiger partial charge in [0, 0.05) is 32.0 Å². The summed E-state index contributed by atoms with van der Waals surface area (Å²) in [5.41, 5.74) is 1.19. The zero-order chi connectivity index (χ0) is 11.2. The van der Waals surface area contributed by atoms with Crippen LogP contribution in [0.4, 0.5) is 0 Å². The summed E-state index contributed by atoms with van der Waals surface area (Å²) in [5.74, 6) is 0.663. The fourth-order valence-corrected chi connectivity index (χ4v) is 1.85. The first-order chi connectivity index (χ1) is 7.88. The van der Waals surface area contributed by atoms with Crippen molar-refractivity contribution in [3.63, 3.8) is 0 Å². The molecule has 0 bridgehead atoms. The van der Waals surface area contributed by atoms with Crippen LogP contribution in [0.5, 0.6) is 5.88 Å². The molecule has 1 atom stereocenters. The lowest BCUT2D eigenvalue weighted by Gasteiger charge is -2.10. The van der Waals surface area contributed by atoms with Crippen molar-refractivity contribution in [3.8, 4) is 5.88 Å². The van der Waals surface area contributed by atoms with Crippen LogP contribution >= 0.6 is 0 Å². The maximum absolute atomic E-state index is 5.54. The number of ether oxygens (including phenoxy) is 2. The molecule has 1 unspecified atom stereocenters. The largest absolute Gasteiger partial charge is 0.481 e. The highest BCUT2D eigenvalue weighted by Crippen LogP contribution is 2.11. The average Bonchev–Trinajstić information content (AvgIpc) is 2.82. The number of methoxy groups -OCH3 is 1. The molecule has 0 saturated carbocycles. The van der Waals surface area contributed by atoms with E-state index >= 15 is 0 Å². The molecule has 88 valence electrons. The molecule has 16 heavy (non-hydrogen) atoms. The Balaban J connectivity index is 1.75. The molecule has 0 spiro atoms. The van der Waals surface area contributed by atoms with E-state index in [9.17, 15) is 0 Å². The van der Waals surface area contributed by atoms with Gasteiger partial charge in [-0.1, -0.05) is 0 Å². The number of nitrogens with zero attached hydrogens (tertiary/aromatic N) is 1. The SMILES string of the molecule is COc1cc(CNCC2CCCO2)ccn1. The highest BCUT2D eigenvalue weighted by molar-refractivity contribution is 5.20. The number of aromatic nitrogens is 1. The smallest absolute Gasteiger partial charge is 0.213 e. The van der Waals surface area contributed by atoms with E-state index in [4.69, 9.17) is 9.47 Å². The number of pyridine rings is 1. The molecule has 1 N–H and O–H groups in total. The molecule has 2 heterocycles. The van der Waals surface area contributed by atoms with Crippen molar-refractivity contribution in [1.29, 1.82) is 0 Å². The molecule has 0 radical (unpaired) electrons. The van der Waals surface area contributed by atoms with E-state index in [2.05, 4.69) is 10.3 Å². The van der Waals surface area contributed by atoms with Crippen molar-refractivity contribution in [3.05, 3.63) is 23.9 Å². The van der Waals surface area contributed by atoms with Crippen molar-refractivity contribution in [2.75, 3.05) is 20.3 Å². The average molecular weight is 222 g/mol. The predicted octanol–water partition coefficient (Wildman–Crippen LogP) is 1.36. The van der Waals surface area contributed by atoms with Gasteiger partial charge in [0.1, 0.15) is 0 Å².